The number of aliphatic hydroxyl groups excluding tert-OH is 1. The fourth-order valence-corrected chi connectivity index (χ4v) is 2.48. The Morgan fingerprint density at radius 3 is 2.50 bits per heavy atom. The summed E-state index contributed by atoms with van der Waals surface area (Å²) in [6.07, 6.45) is 0. The van der Waals surface area contributed by atoms with Gasteiger partial charge in [-0.2, -0.15) is 0 Å². The predicted molar refractivity (Wildman–Crippen MR) is 84.6 cm³/mol. The van der Waals surface area contributed by atoms with Crippen LogP contribution in [0.2, 0.25) is 0 Å². The van der Waals surface area contributed by atoms with E-state index in [1.807, 2.05) is 13.0 Å². The molecule has 3 nitrogen and oxygen atoms in total. The molecule has 3 unspecified atom stereocenters. The number of rotatable bonds is 6. The highest BCUT2D eigenvalue weighted by molar-refractivity contribution is 5.86. The van der Waals surface area contributed by atoms with Gasteiger partial charge in [-0.15, -0.1) is 0 Å². The maximum atomic E-state index is 9.26. The Morgan fingerprint density at radius 1 is 1.10 bits per heavy atom. The number of nitrogens with one attached hydrogen (secondary N) is 1. The molecule has 2 aromatic rings. The summed E-state index contributed by atoms with van der Waals surface area (Å²) in [6, 6.07) is 15.0. The second-order valence-electron chi connectivity index (χ2n) is 5.47. The Morgan fingerprint density at radius 2 is 1.80 bits per heavy atom. The molecular formula is C17H24N2O. The van der Waals surface area contributed by atoms with Crippen LogP contribution in [0.4, 0.5) is 0 Å². The summed E-state index contributed by atoms with van der Waals surface area (Å²) in [5, 5.41) is 15.3. The molecule has 0 amide bonds. The highest BCUT2D eigenvalue weighted by Crippen LogP contribution is 2.24. The molecule has 108 valence electrons. The lowest BCUT2D eigenvalue weighted by atomic mass is 9.96. The third-order valence-corrected chi connectivity index (χ3v) is 4.04. The van der Waals surface area contributed by atoms with Crippen LogP contribution >= 0.6 is 0 Å². The van der Waals surface area contributed by atoms with Gasteiger partial charge in [0.15, 0.2) is 0 Å². The van der Waals surface area contributed by atoms with E-state index in [4.69, 9.17) is 5.73 Å². The quantitative estimate of drug-likeness (QED) is 0.757. The van der Waals surface area contributed by atoms with Gasteiger partial charge >= 0.3 is 0 Å². The molecule has 4 N–H and O–H groups in total. The zero-order valence-corrected chi connectivity index (χ0v) is 12.2. The molecule has 0 heterocycles. The van der Waals surface area contributed by atoms with E-state index in [2.05, 4.69) is 48.6 Å². The first-order chi connectivity index (χ1) is 9.67. The summed E-state index contributed by atoms with van der Waals surface area (Å²) in [6.45, 7) is 4.85. The SMILES string of the molecule is CC(CO)C(C)NC(CN)c1cccc2ccccc12. The van der Waals surface area contributed by atoms with Crippen molar-refractivity contribution in [2.24, 2.45) is 11.7 Å². The normalized spacial score (nSPS) is 16.0. The van der Waals surface area contributed by atoms with Gasteiger partial charge in [0.25, 0.3) is 0 Å². The number of aliphatic hydroxyl groups is 1. The molecule has 2 aromatic carbocycles. The van der Waals surface area contributed by atoms with Gasteiger partial charge in [0.1, 0.15) is 0 Å². The fourth-order valence-electron chi connectivity index (χ4n) is 2.48. The van der Waals surface area contributed by atoms with Crippen molar-refractivity contribution < 1.29 is 5.11 Å². The third kappa shape index (κ3) is 3.18. The number of fused-ring (bicyclic) bond motifs is 1. The molecule has 0 saturated carbocycles. The van der Waals surface area contributed by atoms with E-state index in [9.17, 15) is 5.11 Å². The summed E-state index contributed by atoms with van der Waals surface area (Å²) in [7, 11) is 0. The van der Waals surface area contributed by atoms with Crippen LogP contribution in [0.1, 0.15) is 25.5 Å². The van der Waals surface area contributed by atoms with E-state index in [1.54, 1.807) is 0 Å². The minimum Gasteiger partial charge on any atom is -0.396 e. The minimum atomic E-state index is 0.102. The molecule has 0 aromatic heterocycles. The predicted octanol–water partition coefficient (Wildman–Crippen LogP) is 2.45. The van der Waals surface area contributed by atoms with Crippen molar-refractivity contribution in [2.45, 2.75) is 25.9 Å². The zero-order valence-electron chi connectivity index (χ0n) is 12.2. The minimum absolute atomic E-state index is 0.102. The van der Waals surface area contributed by atoms with Crippen molar-refractivity contribution >= 4 is 10.8 Å². The van der Waals surface area contributed by atoms with Gasteiger partial charge in [0.2, 0.25) is 0 Å². The van der Waals surface area contributed by atoms with Gasteiger partial charge in [-0.25, -0.2) is 0 Å². The van der Waals surface area contributed by atoms with Gasteiger partial charge < -0.3 is 16.2 Å². The summed E-state index contributed by atoms with van der Waals surface area (Å²) in [5.74, 6) is 0.207. The first kappa shape index (κ1) is 15.0. The summed E-state index contributed by atoms with van der Waals surface area (Å²) in [5.41, 5.74) is 7.19. The summed E-state index contributed by atoms with van der Waals surface area (Å²) >= 11 is 0. The number of hydrogen-bond donors (Lipinski definition) is 3. The monoisotopic (exact) mass is 272 g/mol. The molecular weight excluding hydrogens is 248 g/mol. The van der Waals surface area contributed by atoms with Crippen LogP contribution in [0, 0.1) is 5.92 Å². The second-order valence-corrected chi connectivity index (χ2v) is 5.47. The maximum Gasteiger partial charge on any atom is 0.0471 e. The molecule has 0 radical (unpaired) electrons. The van der Waals surface area contributed by atoms with Crippen molar-refractivity contribution in [1.29, 1.82) is 0 Å². The van der Waals surface area contributed by atoms with Crippen LogP contribution in [-0.2, 0) is 0 Å². The Balaban J connectivity index is 2.30. The van der Waals surface area contributed by atoms with Crippen LogP contribution in [-0.4, -0.2) is 24.3 Å². The standard InChI is InChI=1S/C17H24N2O/c1-12(11-20)13(2)19-17(10-18)16-9-5-7-14-6-3-4-8-15(14)16/h3-9,12-13,17,19-20H,10-11,18H2,1-2H3. The molecule has 0 aliphatic rings. The molecule has 2 rings (SSSR count). The number of nitrogens with two attached hydrogens (primary N) is 1. The van der Waals surface area contributed by atoms with Crippen molar-refractivity contribution in [3.63, 3.8) is 0 Å². The van der Waals surface area contributed by atoms with Crippen LogP contribution in [0.3, 0.4) is 0 Å². The third-order valence-electron chi connectivity index (χ3n) is 4.04. The first-order valence-electron chi connectivity index (χ1n) is 7.22. The van der Waals surface area contributed by atoms with Crippen molar-refractivity contribution in [3.8, 4) is 0 Å². The Hall–Kier alpha value is -1.42. The lowest BCUT2D eigenvalue weighted by Gasteiger charge is -2.26. The van der Waals surface area contributed by atoms with E-state index >= 15 is 0 Å². The second kappa shape index (κ2) is 6.84. The van der Waals surface area contributed by atoms with Crippen LogP contribution in [0.25, 0.3) is 10.8 Å². The zero-order chi connectivity index (χ0) is 14.5. The number of benzene rings is 2. The Labute approximate surface area is 120 Å². The Bertz CT molecular complexity index is 550. The van der Waals surface area contributed by atoms with Gasteiger partial charge in [-0.1, -0.05) is 49.4 Å². The number of hydrogen-bond acceptors (Lipinski definition) is 3. The van der Waals surface area contributed by atoms with Gasteiger partial charge in [0.05, 0.1) is 0 Å². The van der Waals surface area contributed by atoms with Crippen LogP contribution < -0.4 is 11.1 Å². The highest BCUT2D eigenvalue weighted by atomic mass is 16.3. The fraction of sp³-hybridized carbons (Fsp3) is 0.412. The van der Waals surface area contributed by atoms with Gasteiger partial charge in [-0.3, -0.25) is 0 Å². The van der Waals surface area contributed by atoms with Gasteiger partial charge in [0, 0.05) is 25.2 Å². The average molecular weight is 272 g/mol. The van der Waals surface area contributed by atoms with Crippen molar-refractivity contribution in [3.05, 3.63) is 48.0 Å². The summed E-state index contributed by atoms with van der Waals surface area (Å²) < 4.78 is 0. The molecule has 0 bridgehead atoms. The van der Waals surface area contributed by atoms with E-state index in [1.165, 1.54) is 16.3 Å². The van der Waals surface area contributed by atoms with E-state index in [0.29, 0.717) is 6.54 Å². The molecule has 20 heavy (non-hydrogen) atoms. The molecule has 0 saturated heterocycles. The largest absolute Gasteiger partial charge is 0.396 e. The molecule has 0 aliphatic carbocycles. The highest BCUT2D eigenvalue weighted by Gasteiger charge is 2.18. The van der Waals surface area contributed by atoms with Gasteiger partial charge in [-0.05, 0) is 29.2 Å². The molecule has 3 atom stereocenters. The smallest absolute Gasteiger partial charge is 0.0471 e. The van der Waals surface area contributed by atoms with Crippen molar-refractivity contribution in [1.82, 2.24) is 5.32 Å². The van der Waals surface area contributed by atoms with E-state index in [-0.39, 0.29) is 24.6 Å². The van der Waals surface area contributed by atoms with Crippen LogP contribution in [0.15, 0.2) is 42.5 Å². The maximum absolute atomic E-state index is 9.26. The summed E-state index contributed by atoms with van der Waals surface area (Å²) in [4.78, 5) is 0. The molecule has 0 fully saturated rings. The van der Waals surface area contributed by atoms with E-state index < -0.39 is 0 Å². The molecule has 0 spiro atoms. The molecule has 3 heteroatoms. The van der Waals surface area contributed by atoms with Crippen LogP contribution in [0.5, 0.6) is 0 Å². The van der Waals surface area contributed by atoms with E-state index in [0.717, 1.165) is 0 Å². The van der Waals surface area contributed by atoms with Crippen molar-refractivity contribution in [2.75, 3.05) is 13.2 Å². The first-order valence-corrected chi connectivity index (χ1v) is 7.22. The topological polar surface area (TPSA) is 58.3 Å². The Kier molecular flexibility index (Phi) is 5.12. The molecule has 0 aliphatic heterocycles. The average Bonchev–Trinajstić information content (AvgIpc) is 2.51. The lowest BCUT2D eigenvalue weighted by molar-refractivity contribution is 0.201. The lowest BCUT2D eigenvalue weighted by Crippen LogP contribution is -2.39.